The normalized spacial score (nSPS) is 22.6. The highest BCUT2D eigenvalue weighted by molar-refractivity contribution is 6.30. The zero-order valence-electron chi connectivity index (χ0n) is 13.8. The maximum absolute atomic E-state index is 6.24. The number of hydrogen-bond acceptors (Lipinski definition) is 2. The van der Waals surface area contributed by atoms with Crippen molar-refractivity contribution in [3.63, 3.8) is 0 Å². The van der Waals surface area contributed by atoms with Crippen molar-refractivity contribution in [2.24, 2.45) is 5.92 Å². The van der Waals surface area contributed by atoms with Crippen LogP contribution in [0.5, 0.6) is 0 Å². The summed E-state index contributed by atoms with van der Waals surface area (Å²) >= 11 is 6.24. The number of benzene rings is 1. The topological polar surface area (TPSA) is 15.3 Å². The first-order valence-electron chi connectivity index (χ1n) is 8.22. The van der Waals surface area contributed by atoms with Crippen LogP contribution in [-0.4, -0.2) is 19.1 Å². The zero-order chi connectivity index (χ0) is 15.4. The predicted molar refractivity (Wildman–Crippen MR) is 93.3 cm³/mol. The first kappa shape index (κ1) is 16.6. The molecule has 1 saturated carbocycles. The van der Waals surface area contributed by atoms with Crippen molar-refractivity contribution < 1.29 is 0 Å². The lowest BCUT2D eigenvalue weighted by molar-refractivity contribution is 0.336. The molecule has 0 amide bonds. The van der Waals surface area contributed by atoms with Crippen molar-refractivity contribution in [2.75, 3.05) is 11.9 Å². The molecule has 1 aromatic rings. The Balaban J connectivity index is 2.17. The summed E-state index contributed by atoms with van der Waals surface area (Å²) in [5, 5.41) is 4.35. The maximum Gasteiger partial charge on any atom is 0.0426 e. The van der Waals surface area contributed by atoms with Crippen LogP contribution in [0.2, 0.25) is 5.02 Å². The van der Waals surface area contributed by atoms with E-state index in [2.05, 4.69) is 50.2 Å². The molecule has 1 aliphatic carbocycles. The SMILES string of the molecule is CC1CCCC(N(C)c2cc(Cl)ccc2CNC(C)C)C1. The Morgan fingerprint density at radius 1 is 1.33 bits per heavy atom. The van der Waals surface area contributed by atoms with E-state index in [1.54, 1.807) is 0 Å². The molecule has 3 heteroatoms. The van der Waals surface area contributed by atoms with Gasteiger partial charge in [-0.3, -0.25) is 0 Å². The van der Waals surface area contributed by atoms with E-state index in [1.165, 1.54) is 36.9 Å². The van der Waals surface area contributed by atoms with Crippen LogP contribution in [0.3, 0.4) is 0 Å². The standard InChI is InChI=1S/C18H29ClN2/c1-13(2)20-12-15-8-9-16(19)11-18(15)21(4)17-7-5-6-14(3)10-17/h8-9,11,13-14,17,20H,5-7,10,12H2,1-4H3. The highest BCUT2D eigenvalue weighted by Gasteiger charge is 2.24. The van der Waals surface area contributed by atoms with E-state index in [4.69, 9.17) is 11.6 Å². The summed E-state index contributed by atoms with van der Waals surface area (Å²) < 4.78 is 0. The molecule has 0 spiro atoms. The Morgan fingerprint density at radius 3 is 2.76 bits per heavy atom. The van der Waals surface area contributed by atoms with Crippen LogP contribution < -0.4 is 10.2 Å². The summed E-state index contributed by atoms with van der Waals surface area (Å²) in [5.74, 6) is 0.836. The minimum absolute atomic E-state index is 0.494. The molecule has 1 aromatic carbocycles. The second-order valence-electron chi connectivity index (χ2n) is 6.85. The van der Waals surface area contributed by atoms with Crippen LogP contribution in [0.1, 0.15) is 52.0 Å². The van der Waals surface area contributed by atoms with Crippen LogP contribution in [0, 0.1) is 5.92 Å². The molecule has 0 aliphatic heterocycles. The van der Waals surface area contributed by atoms with E-state index in [9.17, 15) is 0 Å². The van der Waals surface area contributed by atoms with Crippen molar-refractivity contribution in [3.8, 4) is 0 Å². The fourth-order valence-electron chi connectivity index (χ4n) is 3.28. The molecular weight excluding hydrogens is 280 g/mol. The average molecular weight is 309 g/mol. The van der Waals surface area contributed by atoms with Gasteiger partial charge in [0, 0.05) is 36.4 Å². The van der Waals surface area contributed by atoms with Gasteiger partial charge in [0.05, 0.1) is 0 Å². The first-order chi connectivity index (χ1) is 9.97. The summed E-state index contributed by atoms with van der Waals surface area (Å²) in [6.45, 7) is 7.64. The minimum atomic E-state index is 0.494. The molecule has 0 heterocycles. The number of halogens is 1. The maximum atomic E-state index is 6.24. The van der Waals surface area contributed by atoms with Gasteiger partial charge < -0.3 is 10.2 Å². The van der Waals surface area contributed by atoms with Crippen LogP contribution >= 0.6 is 11.6 Å². The molecule has 0 aromatic heterocycles. The number of nitrogens with one attached hydrogen (secondary N) is 1. The van der Waals surface area contributed by atoms with Gasteiger partial charge in [-0.05, 0) is 36.5 Å². The van der Waals surface area contributed by atoms with Gasteiger partial charge in [-0.15, -0.1) is 0 Å². The molecule has 2 rings (SSSR count). The Bertz CT molecular complexity index is 459. The number of hydrogen-bond donors (Lipinski definition) is 1. The number of nitrogens with zero attached hydrogens (tertiary/aromatic N) is 1. The summed E-state index contributed by atoms with van der Waals surface area (Å²) in [6, 6.07) is 7.42. The lowest BCUT2D eigenvalue weighted by Crippen LogP contribution is -2.36. The first-order valence-corrected chi connectivity index (χ1v) is 8.59. The van der Waals surface area contributed by atoms with E-state index in [0.717, 1.165) is 17.5 Å². The molecule has 2 atom stereocenters. The molecule has 2 nitrogen and oxygen atoms in total. The van der Waals surface area contributed by atoms with Gasteiger partial charge in [0.2, 0.25) is 0 Å². The largest absolute Gasteiger partial charge is 0.371 e. The lowest BCUT2D eigenvalue weighted by Gasteiger charge is -2.36. The zero-order valence-corrected chi connectivity index (χ0v) is 14.6. The fourth-order valence-corrected chi connectivity index (χ4v) is 3.45. The average Bonchev–Trinajstić information content (AvgIpc) is 2.45. The second kappa shape index (κ2) is 7.51. The third-order valence-electron chi connectivity index (χ3n) is 4.58. The van der Waals surface area contributed by atoms with Crippen LogP contribution in [-0.2, 0) is 6.54 Å². The summed E-state index contributed by atoms with van der Waals surface area (Å²) in [5.41, 5.74) is 2.63. The van der Waals surface area contributed by atoms with Crippen molar-refractivity contribution in [2.45, 2.75) is 65.1 Å². The Labute approximate surface area is 134 Å². The molecule has 0 saturated heterocycles. The molecule has 1 N–H and O–H groups in total. The Morgan fingerprint density at radius 2 is 2.10 bits per heavy atom. The highest BCUT2D eigenvalue weighted by atomic mass is 35.5. The quantitative estimate of drug-likeness (QED) is 0.836. The van der Waals surface area contributed by atoms with Gasteiger partial charge in [-0.2, -0.15) is 0 Å². The molecule has 21 heavy (non-hydrogen) atoms. The van der Waals surface area contributed by atoms with Crippen molar-refractivity contribution in [3.05, 3.63) is 28.8 Å². The highest BCUT2D eigenvalue weighted by Crippen LogP contribution is 2.32. The van der Waals surface area contributed by atoms with E-state index < -0.39 is 0 Å². The van der Waals surface area contributed by atoms with E-state index in [-0.39, 0.29) is 0 Å². The van der Waals surface area contributed by atoms with Crippen molar-refractivity contribution in [1.82, 2.24) is 5.32 Å². The molecular formula is C18H29ClN2. The van der Waals surface area contributed by atoms with Gasteiger partial charge in [0.25, 0.3) is 0 Å². The third-order valence-corrected chi connectivity index (χ3v) is 4.82. The summed E-state index contributed by atoms with van der Waals surface area (Å²) in [6.07, 6.45) is 5.31. The monoisotopic (exact) mass is 308 g/mol. The van der Waals surface area contributed by atoms with Gasteiger partial charge in [0.1, 0.15) is 0 Å². The van der Waals surface area contributed by atoms with E-state index in [1.807, 2.05) is 6.07 Å². The third kappa shape index (κ3) is 4.62. The summed E-state index contributed by atoms with van der Waals surface area (Å²) in [4.78, 5) is 2.46. The molecule has 0 bridgehead atoms. The molecule has 1 aliphatic rings. The number of anilines is 1. The Kier molecular flexibility index (Phi) is 5.95. The van der Waals surface area contributed by atoms with Gasteiger partial charge in [0.15, 0.2) is 0 Å². The van der Waals surface area contributed by atoms with Gasteiger partial charge in [-0.1, -0.05) is 51.3 Å². The van der Waals surface area contributed by atoms with Crippen LogP contribution in [0.25, 0.3) is 0 Å². The summed E-state index contributed by atoms with van der Waals surface area (Å²) in [7, 11) is 2.23. The molecule has 118 valence electrons. The van der Waals surface area contributed by atoms with Crippen molar-refractivity contribution >= 4 is 17.3 Å². The smallest absolute Gasteiger partial charge is 0.0426 e. The van der Waals surface area contributed by atoms with Crippen LogP contribution in [0.4, 0.5) is 5.69 Å². The van der Waals surface area contributed by atoms with E-state index in [0.29, 0.717) is 12.1 Å². The molecule has 1 fully saturated rings. The minimum Gasteiger partial charge on any atom is -0.371 e. The molecule has 0 radical (unpaired) electrons. The Hall–Kier alpha value is -0.730. The van der Waals surface area contributed by atoms with E-state index >= 15 is 0 Å². The molecule has 2 unspecified atom stereocenters. The van der Waals surface area contributed by atoms with Gasteiger partial charge >= 0.3 is 0 Å². The number of rotatable bonds is 5. The van der Waals surface area contributed by atoms with Crippen LogP contribution in [0.15, 0.2) is 18.2 Å². The lowest BCUT2D eigenvalue weighted by atomic mass is 9.86. The van der Waals surface area contributed by atoms with Gasteiger partial charge in [-0.25, -0.2) is 0 Å². The second-order valence-corrected chi connectivity index (χ2v) is 7.28. The predicted octanol–water partition coefficient (Wildman–Crippen LogP) is 4.85. The fraction of sp³-hybridized carbons (Fsp3) is 0.667. The van der Waals surface area contributed by atoms with Crippen molar-refractivity contribution in [1.29, 1.82) is 0 Å².